The minimum absolute atomic E-state index is 0. The van der Waals surface area contributed by atoms with E-state index in [1.165, 1.54) is 60.7 Å². The molecule has 6 aromatic carbocycles. The van der Waals surface area contributed by atoms with Gasteiger partial charge in [0.15, 0.2) is 0 Å². The molecule has 6 rings (SSSR count). The summed E-state index contributed by atoms with van der Waals surface area (Å²) in [4.78, 5) is -3.58. The van der Waals surface area contributed by atoms with Gasteiger partial charge in [0.1, 0.15) is 41.4 Å². The predicted molar refractivity (Wildman–Crippen MR) is 187 cm³/mol. The molecule has 0 heterocycles. The number of fused-ring (bicyclic) bond motifs is 2. The number of nitrogens with zero attached hydrogens (tertiary/aromatic N) is 4. The maximum Gasteiger partial charge on any atom is 1.00 e. The number of nitrogens with one attached hydrogen (secondary N) is 1. The van der Waals surface area contributed by atoms with Crippen molar-refractivity contribution in [2.75, 3.05) is 5.32 Å². The maximum atomic E-state index is 13.4. The van der Waals surface area contributed by atoms with Crippen LogP contribution in [0.5, 0.6) is 11.5 Å². The number of azo groups is 2. The molecule has 0 amide bonds. The van der Waals surface area contributed by atoms with Crippen LogP contribution in [0.1, 0.15) is 0 Å². The van der Waals surface area contributed by atoms with Gasteiger partial charge in [-0.15, -0.1) is 20.5 Å². The standard InChI is InChI=1S/C32H23N5O14S4.4Na/c38-31-21-11-9-19(13-17(21)15-27(54(46,47)48)29(31)36-34-23-5-1-3-7-25(23)52(40,41)42)33-20-10-12-22-18(14-20)16-28(55(49,50)51)30(32(22)39)37-35-24-6-2-4-8-26(24)53(43,44)45;;;;/h1-16,33,38-39H,(H,40,41,42)(H,43,44,45)(H,46,47,48)(H,49,50,51);;;;/q;4*+1/p-4. The molecule has 0 aliphatic rings. The Bertz CT molecular complexity index is 2910. The SMILES string of the molecule is O=S(=O)([O-])c1ccccc1N=Nc1c(S(=O)(=O)O)cc2cc(Nc3ccc4c([O-])c(N=Nc5ccccc5S(=O)(=O)[O-])c(S(=O)(=O)O)cc4c3)ccc2c1[O-].[Na+].[Na+].[Na+].[Na+]. The van der Waals surface area contributed by atoms with Crippen molar-refractivity contribution in [3.8, 4) is 11.5 Å². The molecule has 0 atom stereocenters. The van der Waals surface area contributed by atoms with E-state index in [0.29, 0.717) is 0 Å². The molecule has 0 aromatic heterocycles. The van der Waals surface area contributed by atoms with Crippen LogP contribution in [0.25, 0.3) is 21.5 Å². The summed E-state index contributed by atoms with van der Waals surface area (Å²) < 4.78 is 139. The van der Waals surface area contributed by atoms with Gasteiger partial charge in [0.25, 0.3) is 20.2 Å². The van der Waals surface area contributed by atoms with Crippen LogP contribution >= 0.6 is 0 Å². The van der Waals surface area contributed by atoms with Crippen molar-refractivity contribution >= 4 is 96.1 Å². The van der Waals surface area contributed by atoms with E-state index in [0.717, 1.165) is 36.4 Å². The third kappa shape index (κ3) is 12.2. The van der Waals surface area contributed by atoms with Crippen molar-refractivity contribution in [3.63, 3.8) is 0 Å². The van der Waals surface area contributed by atoms with Crippen LogP contribution < -0.4 is 134 Å². The van der Waals surface area contributed by atoms with Gasteiger partial charge >= 0.3 is 118 Å². The van der Waals surface area contributed by atoms with Crippen LogP contribution in [0.15, 0.2) is 137 Å². The molecule has 0 aliphatic heterocycles. The zero-order valence-electron chi connectivity index (χ0n) is 31.0. The number of anilines is 2. The van der Waals surface area contributed by atoms with E-state index in [2.05, 4.69) is 25.8 Å². The third-order valence-corrected chi connectivity index (χ3v) is 11.2. The molecule has 19 nitrogen and oxygen atoms in total. The number of hydrogen-bond donors (Lipinski definition) is 3. The normalized spacial score (nSPS) is 12.1. The second-order valence-electron chi connectivity index (χ2n) is 11.3. The minimum Gasteiger partial charge on any atom is -0.871 e. The smallest absolute Gasteiger partial charge is 0.871 e. The average molecular weight is 918 g/mol. The Labute approximate surface area is 424 Å². The van der Waals surface area contributed by atoms with E-state index >= 15 is 0 Å². The Kier molecular flexibility index (Phi) is 18.5. The van der Waals surface area contributed by atoms with Crippen molar-refractivity contribution < 1.29 is 180 Å². The quantitative estimate of drug-likeness (QED) is 0.0653. The summed E-state index contributed by atoms with van der Waals surface area (Å²) in [5, 5.41) is 43.7. The molecule has 0 saturated heterocycles. The topological polar surface area (TPSA) is 331 Å². The van der Waals surface area contributed by atoms with Crippen molar-refractivity contribution in [1.82, 2.24) is 0 Å². The molecular formula is C32H19N5Na4O14S4. The second-order valence-corrected chi connectivity index (χ2v) is 16.8. The van der Waals surface area contributed by atoms with Gasteiger partial charge in [0, 0.05) is 11.4 Å². The van der Waals surface area contributed by atoms with E-state index in [1.807, 2.05) is 0 Å². The molecule has 0 fully saturated rings. The zero-order chi connectivity index (χ0) is 40.1. The molecule has 0 unspecified atom stereocenters. The van der Waals surface area contributed by atoms with Gasteiger partial charge in [-0.05, 0) is 82.2 Å². The summed E-state index contributed by atoms with van der Waals surface area (Å²) in [6, 6.07) is 18.7. The molecule has 6 aromatic rings. The Morgan fingerprint density at radius 3 is 1.12 bits per heavy atom. The average Bonchev–Trinajstić information content (AvgIpc) is 3.09. The third-order valence-electron chi connectivity index (χ3n) is 7.69. The van der Waals surface area contributed by atoms with E-state index in [1.54, 1.807) is 0 Å². The monoisotopic (exact) mass is 917 g/mol. The zero-order valence-corrected chi connectivity index (χ0v) is 42.2. The molecule has 284 valence electrons. The minimum atomic E-state index is -5.15. The summed E-state index contributed by atoms with van der Waals surface area (Å²) in [5.74, 6) is -2.08. The van der Waals surface area contributed by atoms with Crippen molar-refractivity contribution in [3.05, 3.63) is 97.1 Å². The van der Waals surface area contributed by atoms with Gasteiger partial charge in [-0.2, -0.15) is 16.8 Å². The largest absolute Gasteiger partial charge is 1.00 e. The van der Waals surface area contributed by atoms with E-state index in [-0.39, 0.29) is 151 Å². The molecule has 27 heteroatoms. The van der Waals surface area contributed by atoms with E-state index in [9.17, 15) is 62.1 Å². The van der Waals surface area contributed by atoms with Gasteiger partial charge < -0.3 is 24.6 Å². The first kappa shape index (κ1) is 53.2. The van der Waals surface area contributed by atoms with Crippen LogP contribution in [0.4, 0.5) is 34.1 Å². The molecule has 0 radical (unpaired) electrons. The summed E-state index contributed by atoms with van der Waals surface area (Å²) in [7, 11) is -20.4. The Balaban J connectivity index is 0.00000300. The van der Waals surface area contributed by atoms with Crippen LogP contribution in [0, 0.1) is 0 Å². The summed E-state index contributed by atoms with van der Waals surface area (Å²) >= 11 is 0. The second kappa shape index (κ2) is 20.5. The molecule has 0 aliphatic carbocycles. The van der Waals surface area contributed by atoms with Crippen LogP contribution in [-0.4, -0.2) is 51.9 Å². The van der Waals surface area contributed by atoms with Gasteiger partial charge in [-0.3, -0.25) is 9.11 Å². The Morgan fingerprint density at radius 2 is 0.797 bits per heavy atom. The molecule has 0 bridgehead atoms. The van der Waals surface area contributed by atoms with Gasteiger partial charge in [-0.1, -0.05) is 47.9 Å². The summed E-state index contributed by atoms with van der Waals surface area (Å²) in [6.45, 7) is 0. The Hall–Kier alpha value is -1.92. The summed E-state index contributed by atoms with van der Waals surface area (Å²) in [5.41, 5.74) is -2.37. The summed E-state index contributed by atoms with van der Waals surface area (Å²) in [6.07, 6.45) is 0. The van der Waals surface area contributed by atoms with Gasteiger partial charge in [0.2, 0.25) is 0 Å². The van der Waals surface area contributed by atoms with Crippen molar-refractivity contribution in [1.29, 1.82) is 0 Å². The van der Waals surface area contributed by atoms with Gasteiger partial charge in [-0.25, -0.2) is 16.8 Å². The number of rotatable bonds is 10. The Morgan fingerprint density at radius 1 is 0.458 bits per heavy atom. The van der Waals surface area contributed by atoms with Crippen LogP contribution in [-0.2, 0) is 40.5 Å². The fourth-order valence-electron chi connectivity index (χ4n) is 5.29. The van der Waals surface area contributed by atoms with Crippen molar-refractivity contribution in [2.45, 2.75) is 19.6 Å². The number of benzene rings is 6. The first-order valence-corrected chi connectivity index (χ1v) is 20.5. The first-order chi connectivity index (χ1) is 25.6. The van der Waals surface area contributed by atoms with Gasteiger partial charge in [0.05, 0.1) is 21.2 Å². The first-order valence-electron chi connectivity index (χ1n) is 14.8. The predicted octanol–water partition coefficient (Wildman–Crippen LogP) is -6.97. The van der Waals surface area contributed by atoms with Crippen LogP contribution in [0.3, 0.4) is 0 Å². The van der Waals surface area contributed by atoms with Crippen LogP contribution in [0.2, 0.25) is 0 Å². The van der Waals surface area contributed by atoms with Crippen molar-refractivity contribution in [2.24, 2.45) is 20.5 Å². The molecule has 0 saturated carbocycles. The number of hydrogen-bond acceptors (Lipinski definition) is 17. The fourth-order valence-corrected chi connectivity index (χ4v) is 7.82. The molecular weight excluding hydrogens is 899 g/mol. The van der Waals surface area contributed by atoms with E-state index in [4.69, 9.17) is 0 Å². The molecule has 59 heavy (non-hydrogen) atoms. The maximum absolute atomic E-state index is 13.4. The molecule has 3 N–H and O–H groups in total. The molecule has 0 spiro atoms. The van der Waals surface area contributed by atoms with E-state index < -0.39 is 94.3 Å². The fraction of sp³-hybridized carbons (Fsp3) is 0.